The maximum Gasteiger partial charge on any atom is 0.117 e. The summed E-state index contributed by atoms with van der Waals surface area (Å²) in [4.78, 5) is 0. The number of furan rings is 1. The minimum atomic E-state index is 0.862. The first kappa shape index (κ1) is 14.0. The second-order valence-electron chi connectivity index (χ2n) is 5.21. The highest BCUT2D eigenvalue weighted by atomic mass is 32.2. The molecule has 0 spiro atoms. The Bertz CT molecular complexity index is 331. The van der Waals surface area contributed by atoms with Crippen molar-refractivity contribution in [3.63, 3.8) is 0 Å². The summed E-state index contributed by atoms with van der Waals surface area (Å²) in [6.07, 6.45) is 6.94. The van der Waals surface area contributed by atoms with Crippen molar-refractivity contribution in [3.05, 3.63) is 23.7 Å². The van der Waals surface area contributed by atoms with Gasteiger partial charge in [-0.2, -0.15) is 11.8 Å². The van der Waals surface area contributed by atoms with Crippen molar-refractivity contribution in [1.82, 2.24) is 5.32 Å². The average molecular weight is 267 g/mol. The average Bonchev–Trinajstić information content (AvgIpc) is 3.01. The van der Waals surface area contributed by atoms with E-state index >= 15 is 0 Å². The number of hydrogen-bond acceptors (Lipinski definition) is 3. The molecular formula is C15H25NOS. The van der Waals surface area contributed by atoms with E-state index in [9.17, 15) is 0 Å². The quantitative estimate of drug-likeness (QED) is 0.715. The van der Waals surface area contributed by atoms with Gasteiger partial charge in [-0.3, -0.25) is 0 Å². The maximum atomic E-state index is 5.81. The van der Waals surface area contributed by atoms with Crippen LogP contribution in [0.3, 0.4) is 0 Å². The third kappa shape index (κ3) is 4.69. The Hall–Kier alpha value is -0.410. The van der Waals surface area contributed by atoms with Crippen molar-refractivity contribution in [3.8, 4) is 0 Å². The molecule has 0 amide bonds. The van der Waals surface area contributed by atoms with Crippen molar-refractivity contribution >= 4 is 11.8 Å². The molecule has 18 heavy (non-hydrogen) atoms. The zero-order chi connectivity index (χ0) is 12.6. The van der Waals surface area contributed by atoms with Gasteiger partial charge < -0.3 is 9.73 Å². The normalized spacial score (nSPS) is 16.5. The molecule has 0 aliphatic heterocycles. The van der Waals surface area contributed by atoms with Crippen molar-refractivity contribution < 1.29 is 4.42 Å². The Balaban J connectivity index is 1.63. The zero-order valence-electron chi connectivity index (χ0n) is 11.4. The molecule has 0 bridgehead atoms. The number of nitrogens with one attached hydrogen (secondary N) is 1. The molecule has 3 heteroatoms. The summed E-state index contributed by atoms with van der Waals surface area (Å²) in [6, 6.07) is 4.23. The lowest BCUT2D eigenvalue weighted by molar-refractivity contribution is 0.459. The molecule has 1 aliphatic rings. The van der Waals surface area contributed by atoms with Crippen LogP contribution in [0.15, 0.2) is 16.5 Å². The number of rotatable bonds is 8. The van der Waals surface area contributed by atoms with Gasteiger partial charge in [0.1, 0.15) is 11.5 Å². The van der Waals surface area contributed by atoms with Gasteiger partial charge in [0, 0.05) is 0 Å². The number of hydrogen-bond donors (Lipinski definition) is 1. The van der Waals surface area contributed by atoms with E-state index in [-0.39, 0.29) is 0 Å². The summed E-state index contributed by atoms with van der Waals surface area (Å²) < 4.78 is 5.81. The van der Waals surface area contributed by atoms with Crippen LogP contribution in [0.25, 0.3) is 0 Å². The predicted octanol–water partition coefficient (Wildman–Crippen LogP) is 4.20. The molecule has 1 aromatic rings. The Morgan fingerprint density at radius 1 is 1.28 bits per heavy atom. The zero-order valence-corrected chi connectivity index (χ0v) is 12.2. The summed E-state index contributed by atoms with van der Waals surface area (Å²) in [7, 11) is 0. The lowest BCUT2D eigenvalue weighted by atomic mass is 10.1. The third-order valence-corrected chi connectivity index (χ3v) is 4.71. The van der Waals surface area contributed by atoms with Gasteiger partial charge >= 0.3 is 0 Å². The Morgan fingerprint density at radius 3 is 2.83 bits per heavy atom. The highest BCUT2D eigenvalue weighted by Crippen LogP contribution is 2.29. The fraction of sp³-hybridized carbons (Fsp3) is 0.733. The van der Waals surface area contributed by atoms with Crippen LogP contribution in [0.2, 0.25) is 0 Å². The summed E-state index contributed by atoms with van der Waals surface area (Å²) >= 11 is 2.03. The van der Waals surface area contributed by atoms with Gasteiger partial charge in [0.2, 0.25) is 0 Å². The first-order valence-electron chi connectivity index (χ1n) is 7.24. The summed E-state index contributed by atoms with van der Waals surface area (Å²) in [5.74, 6) is 5.51. The van der Waals surface area contributed by atoms with Gasteiger partial charge in [-0.15, -0.1) is 0 Å². The lowest BCUT2D eigenvalue weighted by Gasteiger charge is -2.06. The largest absolute Gasteiger partial charge is 0.464 e. The molecule has 1 saturated carbocycles. The fourth-order valence-electron chi connectivity index (χ4n) is 2.49. The maximum absolute atomic E-state index is 5.81. The molecule has 1 N–H and O–H groups in total. The molecule has 0 aromatic carbocycles. The van der Waals surface area contributed by atoms with Crippen molar-refractivity contribution in [1.29, 1.82) is 0 Å². The Labute approximate surface area is 115 Å². The van der Waals surface area contributed by atoms with E-state index in [2.05, 4.69) is 24.4 Å². The smallest absolute Gasteiger partial charge is 0.117 e. The molecule has 0 unspecified atom stereocenters. The lowest BCUT2D eigenvalue weighted by Crippen LogP contribution is -2.12. The highest BCUT2D eigenvalue weighted by Gasteiger charge is 2.14. The van der Waals surface area contributed by atoms with Crippen LogP contribution in [0.1, 0.15) is 50.5 Å². The van der Waals surface area contributed by atoms with Crippen LogP contribution in [-0.2, 0) is 12.3 Å². The molecule has 0 radical (unpaired) electrons. The van der Waals surface area contributed by atoms with Gasteiger partial charge in [-0.05, 0) is 49.6 Å². The predicted molar refractivity (Wildman–Crippen MR) is 78.8 cm³/mol. The van der Waals surface area contributed by atoms with Crippen LogP contribution < -0.4 is 5.32 Å². The molecule has 0 atom stereocenters. The van der Waals surface area contributed by atoms with E-state index in [4.69, 9.17) is 4.42 Å². The minimum Gasteiger partial charge on any atom is -0.464 e. The van der Waals surface area contributed by atoms with Crippen LogP contribution in [0, 0.1) is 5.92 Å². The van der Waals surface area contributed by atoms with E-state index < -0.39 is 0 Å². The standard InChI is InChI=1S/C15H25NOS/c1-2-9-16-10-14-7-8-15(17-14)12-18-11-13-5-3-4-6-13/h7-8,13,16H,2-6,9-12H2,1H3. The topological polar surface area (TPSA) is 25.2 Å². The molecule has 1 aromatic heterocycles. The second kappa shape index (κ2) is 7.90. The van der Waals surface area contributed by atoms with E-state index in [1.807, 2.05) is 11.8 Å². The van der Waals surface area contributed by atoms with Crippen molar-refractivity contribution in [2.24, 2.45) is 5.92 Å². The third-order valence-electron chi connectivity index (χ3n) is 3.52. The summed E-state index contributed by atoms with van der Waals surface area (Å²) in [5.41, 5.74) is 0. The second-order valence-corrected chi connectivity index (χ2v) is 6.24. The van der Waals surface area contributed by atoms with E-state index in [1.54, 1.807) is 0 Å². The van der Waals surface area contributed by atoms with E-state index in [0.29, 0.717) is 0 Å². The van der Waals surface area contributed by atoms with Crippen molar-refractivity contribution in [2.45, 2.75) is 51.3 Å². The van der Waals surface area contributed by atoms with E-state index in [0.717, 1.165) is 36.3 Å². The van der Waals surface area contributed by atoms with Crippen LogP contribution in [0.5, 0.6) is 0 Å². The SMILES string of the molecule is CCCNCc1ccc(CSCC2CCCC2)o1. The summed E-state index contributed by atoms with van der Waals surface area (Å²) in [5, 5.41) is 3.36. The van der Waals surface area contributed by atoms with Crippen molar-refractivity contribution in [2.75, 3.05) is 12.3 Å². The molecule has 0 saturated heterocycles. The van der Waals surface area contributed by atoms with Gasteiger partial charge in [-0.1, -0.05) is 19.8 Å². The molecule has 2 nitrogen and oxygen atoms in total. The first-order valence-corrected chi connectivity index (χ1v) is 8.40. The van der Waals surface area contributed by atoms with Gasteiger partial charge in [-0.25, -0.2) is 0 Å². The Morgan fingerprint density at radius 2 is 2.06 bits per heavy atom. The van der Waals surface area contributed by atoms with Crippen LogP contribution >= 0.6 is 11.8 Å². The Kier molecular flexibility index (Phi) is 6.15. The monoisotopic (exact) mass is 267 g/mol. The van der Waals surface area contributed by atoms with Gasteiger partial charge in [0.25, 0.3) is 0 Å². The van der Waals surface area contributed by atoms with E-state index in [1.165, 1.54) is 37.9 Å². The highest BCUT2D eigenvalue weighted by molar-refractivity contribution is 7.98. The first-order chi connectivity index (χ1) is 8.88. The molecular weight excluding hydrogens is 242 g/mol. The molecule has 1 heterocycles. The fourth-order valence-corrected chi connectivity index (χ4v) is 3.63. The molecule has 2 rings (SSSR count). The minimum absolute atomic E-state index is 0.862. The van der Waals surface area contributed by atoms with Crippen LogP contribution in [0.4, 0.5) is 0 Å². The molecule has 1 fully saturated rings. The van der Waals surface area contributed by atoms with Gasteiger partial charge in [0.15, 0.2) is 0 Å². The van der Waals surface area contributed by atoms with Crippen LogP contribution in [-0.4, -0.2) is 12.3 Å². The number of thioether (sulfide) groups is 1. The molecule has 1 aliphatic carbocycles. The summed E-state index contributed by atoms with van der Waals surface area (Å²) in [6.45, 7) is 4.10. The van der Waals surface area contributed by atoms with Gasteiger partial charge in [0.05, 0.1) is 12.3 Å². The molecule has 102 valence electrons.